The van der Waals surface area contributed by atoms with Gasteiger partial charge in [-0.3, -0.25) is 9.69 Å². The van der Waals surface area contributed by atoms with Crippen LogP contribution in [0.3, 0.4) is 0 Å². The monoisotopic (exact) mass is 458 g/mol. The molecule has 1 fully saturated rings. The number of hydrogen-bond donors (Lipinski definition) is 2. The standard InChI is InChI=1S/C28H30N2O4/c1-34-27(32)21-12-14-25(15-13-21)29-26(31)20-30-18-16-24(17-19-30)28(33,22-8-4-2-5-9-22)23-10-6-3-7-11-23/h2-15,24,33H,16-20H2,1H3,(H,29,31). The van der Waals surface area contributed by atoms with E-state index in [1.165, 1.54) is 7.11 Å². The first kappa shape index (κ1) is 23.7. The number of carbonyl (C=O) groups is 2. The van der Waals surface area contributed by atoms with Crippen molar-refractivity contribution in [3.05, 3.63) is 102 Å². The van der Waals surface area contributed by atoms with E-state index in [0.717, 1.165) is 37.1 Å². The molecule has 176 valence electrons. The molecule has 1 aliphatic heterocycles. The van der Waals surface area contributed by atoms with E-state index in [-0.39, 0.29) is 18.4 Å². The van der Waals surface area contributed by atoms with Gasteiger partial charge < -0.3 is 15.2 Å². The maximum atomic E-state index is 12.6. The summed E-state index contributed by atoms with van der Waals surface area (Å²) < 4.78 is 4.70. The van der Waals surface area contributed by atoms with E-state index >= 15 is 0 Å². The average molecular weight is 459 g/mol. The third-order valence-corrected chi connectivity index (χ3v) is 6.56. The highest BCUT2D eigenvalue weighted by molar-refractivity contribution is 5.94. The predicted molar refractivity (Wildman–Crippen MR) is 131 cm³/mol. The van der Waals surface area contributed by atoms with Gasteiger partial charge in [0.2, 0.25) is 5.91 Å². The molecule has 0 bridgehead atoms. The van der Waals surface area contributed by atoms with Crippen LogP contribution in [0.25, 0.3) is 0 Å². The van der Waals surface area contributed by atoms with E-state index in [0.29, 0.717) is 11.3 Å². The molecule has 0 saturated carbocycles. The van der Waals surface area contributed by atoms with Crippen molar-refractivity contribution in [3.63, 3.8) is 0 Å². The number of esters is 1. The van der Waals surface area contributed by atoms with Gasteiger partial charge in [0, 0.05) is 5.69 Å². The van der Waals surface area contributed by atoms with Crippen LogP contribution < -0.4 is 5.32 Å². The van der Waals surface area contributed by atoms with Crippen LogP contribution in [0.4, 0.5) is 5.69 Å². The first-order valence-electron chi connectivity index (χ1n) is 11.5. The summed E-state index contributed by atoms with van der Waals surface area (Å²) in [6.45, 7) is 1.73. The molecule has 1 saturated heterocycles. The van der Waals surface area contributed by atoms with Crippen LogP contribution in [0.5, 0.6) is 0 Å². The topological polar surface area (TPSA) is 78.9 Å². The van der Waals surface area contributed by atoms with Gasteiger partial charge in [-0.25, -0.2) is 4.79 Å². The summed E-state index contributed by atoms with van der Waals surface area (Å²) in [6, 6.07) is 26.3. The van der Waals surface area contributed by atoms with Crippen LogP contribution in [-0.2, 0) is 15.1 Å². The summed E-state index contributed by atoms with van der Waals surface area (Å²) in [4.78, 5) is 26.3. The normalized spacial score (nSPS) is 15.0. The Morgan fingerprint density at radius 1 is 0.912 bits per heavy atom. The Morgan fingerprint density at radius 2 is 1.44 bits per heavy atom. The highest BCUT2D eigenvalue weighted by Crippen LogP contribution is 2.41. The van der Waals surface area contributed by atoms with E-state index < -0.39 is 11.6 Å². The van der Waals surface area contributed by atoms with Gasteiger partial charge in [0.15, 0.2) is 0 Å². The number of rotatable bonds is 7. The van der Waals surface area contributed by atoms with Crippen molar-refractivity contribution < 1.29 is 19.4 Å². The number of amides is 1. The molecule has 1 amide bonds. The molecule has 0 radical (unpaired) electrons. The fourth-order valence-electron chi connectivity index (χ4n) is 4.74. The molecule has 0 aromatic heterocycles. The minimum atomic E-state index is -1.07. The van der Waals surface area contributed by atoms with Crippen molar-refractivity contribution in [2.24, 2.45) is 5.92 Å². The minimum Gasteiger partial charge on any atom is -0.465 e. The first-order chi connectivity index (χ1) is 16.5. The molecule has 2 N–H and O–H groups in total. The lowest BCUT2D eigenvalue weighted by molar-refractivity contribution is -0.118. The number of anilines is 1. The van der Waals surface area contributed by atoms with Gasteiger partial charge in [0.1, 0.15) is 5.60 Å². The Balaban J connectivity index is 1.38. The summed E-state index contributed by atoms with van der Waals surface area (Å²) in [5, 5.41) is 14.9. The van der Waals surface area contributed by atoms with E-state index in [2.05, 4.69) is 10.2 Å². The zero-order valence-corrected chi connectivity index (χ0v) is 19.3. The van der Waals surface area contributed by atoms with Gasteiger partial charge in [0.05, 0.1) is 19.2 Å². The van der Waals surface area contributed by atoms with Crippen LogP contribution in [0.15, 0.2) is 84.9 Å². The van der Waals surface area contributed by atoms with Crippen molar-refractivity contribution >= 4 is 17.6 Å². The maximum Gasteiger partial charge on any atom is 0.337 e. The summed E-state index contributed by atoms with van der Waals surface area (Å²) in [7, 11) is 1.34. The van der Waals surface area contributed by atoms with Crippen molar-refractivity contribution in [3.8, 4) is 0 Å². The number of hydrogen-bond acceptors (Lipinski definition) is 5. The minimum absolute atomic E-state index is 0.0440. The molecule has 1 aliphatic rings. The van der Waals surface area contributed by atoms with Crippen LogP contribution in [0.2, 0.25) is 0 Å². The summed E-state index contributed by atoms with van der Waals surface area (Å²) in [5.41, 5.74) is 1.79. The molecule has 0 atom stereocenters. The van der Waals surface area contributed by atoms with E-state index in [4.69, 9.17) is 4.74 Å². The molecule has 6 heteroatoms. The smallest absolute Gasteiger partial charge is 0.337 e. The second-order valence-electron chi connectivity index (χ2n) is 8.67. The number of nitrogens with one attached hydrogen (secondary N) is 1. The van der Waals surface area contributed by atoms with Gasteiger partial charge in [-0.05, 0) is 67.2 Å². The zero-order valence-electron chi connectivity index (χ0n) is 19.3. The van der Waals surface area contributed by atoms with Crippen molar-refractivity contribution in [2.45, 2.75) is 18.4 Å². The highest BCUT2D eigenvalue weighted by atomic mass is 16.5. The second-order valence-corrected chi connectivity index (χ2v) is 8.67. The van der Waals surface area contributed by atoms with Crippen molar-refractivity contribution in [1.29, 1.82) is 0 Å². The molecule has 3 aromatic carbocycles. The number of benzene rings is 3. The third kappa shape index (κ3) is 5.19. The maximum absolute atomic E-state index is 12.6. The number of nitrogens with zero attached hydrogens (tertiary/aromatic N) is 1. The summed E-state index contributed by atoms with van der Waals surface area (Å²) in [5.74, 6) is -0.472. The summed E-state index contributed by atoms with van der Waals surface area (Å²) >= 11 is 0. The second kappa shape index (κ2) is 10.6. The molecule has 6 nitrogen and oxygen atoms in total. The molecule has 0 spiro atoms. The highest BCUT2D eigenvalue weighted by Gasteiger charge is 2.41. The molecular weight excluding hydrogens is 428 g/mol. The van der Waals surface area contributed by atoms with Gasteiger partial charge in [-0.15, -0.1) is 0 Å². The number of ether oxygens (including phenoxy) is 1. The Morgan fingerprint density at radius 3 is 1.94 bits per heavy atom. The molecule has 34 heavy (non-hydrogen) atoms. The van der Waals surface area contributed by atoms with E-state index in [1.54, 1.807) is 24.3 Å². The summed E-state index contributed by atoms with van der Waals surface area (Å²) in [6.07, 6.45) is 1.56. The van der Waals surface area contributed by atoms with Crippen LogP contribution in [-0.4, -0.2) is 48.6 Å². The van der Waals surface area contributed by atoms with E-state index in [9.17, 15) is 14.7 Å². The lowest BCUT2D eigenvalue weighted by atomic mass is 9.72. The molecule has 3 aromatic rings. The van der Waals surface area contributed by atoms with E-state index in [1.807, 2.05) is 60.7 Å². The van der Waals surface area contributed by atoms with Crippen LogP contribution in [0, 0.1) is 5.92 Å². The lowest BCUT2D eigenvalue weighted by Crippen LogP contribution is -2.46. The fourth-order valence-corrected chi connectivity index (χ4v) is 4.74. The van der Waals surface area contributed by atoms with Crippen molar-refractivity contribution in [2.75, 3.05) is 32.1 Å². The number of carbonyl (C=O) groups excluding carboxylic acids is 2. The molecule has 0 aliphatic carbocycles. The third-order valence-electron chi connectivity index (χ3n) is 6.56. The van der Waals surface area contributed by atoms with Gasteiger partial charge >= 0.3 is 5.97 Å². The SMILES string of the molecule is COC(=O)c1ccc(NC(=O)CN2CCC(C(O)(c3ccccc3)c3ccccc3)CC2)cc1. The molecule has 1 heterocycles. The number of likely N-dealkylation sites (tertiary alicyclic amines) is 1. The van der Waals surface area contributed by atoms with Gasteiger partial charge in [-0.1, -0.05) is 60.7 Å². The number of aliphatic hydroxyl groups is 1. The fraction of sp³-hybridized carbons (Fsp3) is 0.286. The molecular formula is C28H30N2O4. The predicted octanol–water partition coefficient (Wildman–Crippen LogP) is 4.06. The van der Waals surface area contributed by atoms with Crippen LogP contribution in [0.1, 0.15) is 34.3 Å². The quantitative estimate of drug-likeness (QED) is 0.522. The molecule has 0 unspecified atom stereocenters. The Labute approximate surface area is 200 Å². The number of methoxy groups -OCH3 is 1. The van der Waals surface area contributed by atoms with Gasteiger partial charge in [-0.2, -0.15) is 0 Å². The van der Waals surface area contributed by atoms with Crippen LogP contribution >= 0.6 is 0 Å². The largest absolute Gasteiger partial charge is 0.465 e. The van der Waals surface area contributed by atoms with Crippen molar-refractivity contribution in [1.82, 2.24) is 4.90 Å². The first-order valence-corrected chi connectivity index (χ1v) is 11.5. The Bertz CT molecular complexity index is 1050. The molecule has 4 rings (SSSR count). The average Bonchev–Trinajstić information content (AvgIpc) is 2.89. The zero-order chi connectivity index (χ0) is 24.0. The lowest BCUT2D eigenvalue weighted by Gasteiger charge is -2.42. The Hall–Kier alpha value is -3.48. The van der Waals surface area contributed by atoms with Gasteiger partial charge in [0.25, 0.3) is 0 Å². The number of piperidine rings is 1. The Kier molecular flexibility index (Phi) is 7.40.